The van der Waals surface area contributed by atoms with E-state index in [2.05, 4.69) is 39.5 Å². The van der Waals surface area contributed by atoms with Gasteiger partial charge in [0.15, 0.2) is 0 Å². The Morgan fingerprint density at radius 2 is 0.860 bits per heavy atom. The Morgan fingerprint density at radius 3 is 1.34 bits per heavy atom. The Balaban J connectivity index is 4.06. The highest BCUT2D eigenvalue weighted by Gasteiger charge is 2.16. The van der Waals surface area contributed by atoms with Crippen LogP contribution in [0.5, 0.6) is 0 Å². The first kappa shape index (κ1) is 48.7. The van der Waals surface area contributed by atoms with E-state index in [1.165, 1.54) is 128 Å². The molecule has 1 unspecified atom stereocenters. The summed E-state index contributed by atoms with van der Waals surface area (Å²) in [6.45, 7) is 14.8. The summed E-state index contributed by atoms with van der Waals surface area (Å²) in [7, 11) is 0. The molecule has 0 aliphatic rings. The van der Waals surface area contributed by atoms with Crippen molar-refractivity contribution >= 4 is 12.1 Å². The Morgan fingerprint density at radius 1 is 0.440 bits per heavy atom. The summed E-state index contributed by atoms with van der Waals surface area (Å²) in [6, 6.07) is 0. The lowest BCUT2D eigenvalue weighted by Crippen LogP contribution is -2.26. The molecule has 298 valence electrons. The molecule has 0 fully saturated rings. The molecule has 0 radical (unpaired) electrons. The van der Waals surface area contributed by atoms with Gasteiger partial charge in [0, 0.05) is 6.42 Å². The van der Waals surface area contributed by atoms with Crippen LogP contribution in [0.2, 0.25) is 0 Å². The van der Waals surface area contributed by atoms with Gasteiger partial charge in [0.05, 0.1) is 6.61 Å². The number of esters is 1. The van der Waals surface area contributed by atoms with E-state index < -0.39 is 6.16 Å². The third kappa shape index (κ3) is 33.8. The van der Waals surface area contributed by atoms with Crippen LogP contribution >= 0.6 is 0 Å². The van der Waals surface area contributed by atoms with Gasteiger partial charge in [0.25, 0.3) is 0 Å². The predicted octanol–water partition coefficient (Wildman–Crippen LogP) is 13.9. The molecule has 0 heterocycles. The zero-order chi connectivity index (χ0) is 36.8. The summed E-state index contributed by atoms with van der Waals surface area (Å²) in [6.07, 6.45) is 35.7. The van der Waals surface area contributed by atoms with Crippen LogP contribution < -0.4 is 0 Å². The predicted molar refractivity (Wildman–Crippen MR) is 214 cm³/mol. The molecule has 0 spiro atoms. The van der Waals surface area contributed by atoms with E-state index >= 15 is 0 Å². The highest BCUT2D eigenvalue weighted by Crippen LogP contribution is 2.19. The Kier molecular flexibility index (Phi) is 37.9. The molecule has 1 atom stereocenters. The maximum atomic E-state index is 12.7. The molecule has 0 amide bonds. The van der Waals surface area contributed by atoms with Crippen molar-refractivity contribution in [3.8, 4) is 0 Å². The SMILES string of the molecule is CCCCCCCCC(CCCCCCCC)OC(=O)CCCCCCCN(CC)CCCCOC(=O)OC(CCC)CCCCCCCC. The average Bonchev–Trinajstić information content (AvgIpc) is 3.11. The molecule has 6 nitrogen and oxygen atoms in total. The highest BCUT2D eigenvalue weighted by atomic mass is 16.7. The Labute approximate surface area is 312 Å². The monoisotopic (exact) mass is 710 g/mol. The minimum absolute atomic E-state index is 0.00475. The molecule has 0 rings (SSSR count). The van der Waals surface area contributed by atoms with Crippen molar-refractivity contribution in [2.45, 2.75) is 246 Å². The Hall–Kier alpha value is -1.30. The molecular weight excluding hydrogens is 622 g/mol. The van der Waals surface area contributed by atoms with E-state index in [1.54, 1.807) is 0 Å². The summed E-state index contributed by atoms with van der Waals surface area (Å²) in [4.78, 5) is 27.4. The summed E-state index contributed by atoms with van der Waals surface area (Å²) in [5.74, 6) is 0.0234. The van der Waals surface area contributed by atoms with Gasteiger partial charge in [0.2, 0.25) is 0 Å². The van der Waals surface area contributed by atoms with Gasteiger partial charge in [0.1, 0.15) is 12.2 Å². The lowest BCUT2D eigenvalue weighted by molar-refractivity contribution is -0.150. The summed E-state index contributed by atoms with van der Waals surface area (Å²) in [5, 5.41) is 0. The molecular formula is C44H87NO5. The second-order valence-electron chi connectivity index (χ2n) is 15.1. The summed E-state index contributed by atoms with van der Waals surface area (Å²) >= 11 is 0. The van der Waals surface area contributed by atoms with Crippen LogP contribution in [0.15, 0.2) is 0 Å². The zero-order valence-electron chi connectivity index (χ0n) is 34.4. The van der Waals surface area contributed by atoms with E-state index in [9.17, 15) is 9.59 Å². The normalized spacial score (nSPS) is 12.1. The number of ether oxygens (including phenoxy) is 3. The molecule has 0 bridgehead atoms. The zero-order valence-corrected chi connectivity index (χ0v) is 34.4. The summed E-state index contributed by atoms with van der Waals surface area (Å²) < 4.78 is 17.1. The van der Waals surface area contributed by atoms with E-state index in [0.717, 1.165) is 83.8 Å². The van der Waals surface area contributed by atoms with Crippen LogP contribution in [0, 0.1) is 0 Å². The molecule has 0 N–H and O–H groups in total. The maximum Gasteiger partial charge on any atom is 0.508 e. The largest absolute Gasteiger partial charge is 0.508 e. The quantitative estimate of drug-likeness (QED) is 0.0467. The van der Waals surface area contributed by atoms with Gasteiger partial charge in [-0.05, 0) is 90.3 Å². The van der Waals surface area contributed by atoms with Crippen molar-refractivity contribution < 1.29 is 23.8 Å². The number of hydrogen-bond donors (Lipinski definition) is 0. The van der Waals surface area contributed by atoms with Crippen LogP contribution in [0.3, 0.4) is 0 Å². The lowest BCUT2D eigenvalue weighted by Gasteiger charge is -2.20. The molecule has 0 aromatic carbocycles. The third-order valence-corrected chi connectivity index (χ3v) is 10.2. The van der Waals surface area contributed by atoms with Crippen molar-refractivity contribution in [1.29, 1.82) is 0 Å². The van der Waals surface area contributed by atoms with Gasteiger partial charge in [-0.1, -0.05) is 157 Å². The molecule has 0 aliphatic heterocycles. The molecule has 0 saturated carbocycles. The van der Waals surface area contributed by atoms with Crippen LogP contribution in [0.4, 0.5) is 4.79 Å². The fourth-order valence-corrected chi connectivity index (χ4v) is 6.87. The summed E-state index contributed by atoms with van der Waals surface area (Å²) in [5.41, 5.74) is 0. The van der Waals surface area contributed by atoms with Crippen LogP contribution in [-0.4, -0.2) is 55.5 Å². The minimum atomic E-state index is -0.490. The highest BCUT2D eigenvalue weighted by molar-refractivity contribution is 5.69. The molecule has 0 saturated heterocycles. The first-order valence-corrected chi connectivity index (χ1v) is 22.3. The number of unbranched alkanes of at least 4 members (excludes halogenated alkanes) is 20. The van der Waals surface area contributed by atoms with Crippen molar-refractivity contribution in [1.82, 2.24) is 4.90 Å². The molecule has 6 heteroatoms. The van der Waals surface area contributed by atoms with E-state index in [4.69, 9.17) is 14.2 Å². The fraction of sp³-hybridized carbons (Fsp3) is 0.955. The molecule has 0 aromatic rings. The van der Waals surface area contributed by atoms with Gasteiger partial charge in [-0.3, -0.25) is 4.79 Å². The van der Waals surface area contributed by atoms with Gasteiger partial charge >= 0.3 is 12.1 Å². The first-order valence-electron chi connectivity index (χ1n) is 22.3. The second-order valence-corrected chi connectivity index (χ2v) is 15.1. The van der Waals surface area contributed by atoms with Crippen molar-refractivity contribution in [3.63, 3.8) is 0 Å². The van der Waals surface area contributed by atoms with Gasteiger partial charge < -0.3 is 19.1 Å². The van der Waals surface area contributed by atoms with Crippen molar-refractivity contribution in [2.24, 2.45) is 0 Å². The van der Waals surface area contributed by atoms with Gasteiger partial charge in [-0.2, -0.15) is 0 Å². The van der Waals surface area contributed by atoms with E-state index in [1.807, 2.05) is 0 Å². The minimum Gasteiger partial charge on any atom is -0.462 e. The molecule has 0 aliphatic carbocycles. The topological polar surface area (TPSA) is 65.1 Å². The van der Waals surface area contributed by atoms with E-state index in [0.29, 0.717) is 13.0 Å². The average molecular weight is 710 g/mol. The number of carbonyl (C=O) groups is 2. The van der Waals surface area contributed by atoms with Gasteiger partial charge in [-0.15, -0.1) is 0 Å². The molecule has 50 heavy (non-hydrogen) atoms. The third-order valence-electron chi connectivity index (χ3n) is 10.2. The van der Waals surface area contributed by atoms with Crippen molar-refractivity contribution in [2.75, 3.05) is 26.2 Å². The number of carbonyl (C=O) groups excluding carboxylic acids is 2. The van der Waals surface area contributed by atoms with Gasteiger partial charge in [-0.25, -0.2) is 4.79 Å². The smallest absolute Gasteiger partial charge is 0.462 e. The first-order chi connectivity index (χ1) is 24.5. The van der Waals surface area contributed by atoms with Crippen LogP contribution in [0.1, 0.15) is 234 Å². The van der Waals surface area contributed by atoms with Crippen LogP contribution in [0.25, 0.3) is 0 Å². The number of hydrogen-bond acceptors (Lipinski definition) is 6. The number of nitrogens with zero attached hydrogens (tertiary/aromatic N) is 1. The maximum absolute atomic E-state index is 12.7. The lowest BCUT2D eigenvalue weighted by atomic mass is 10.0. The van der Waals surface area contributed by atoms with E-state index in [-0.39, 0.29) is 18.2 Å². The Bertz CT molecular complexity index is 701. The molecule has 0 aromatic heterocycles. The standard InChI is InChI=1S/C44H87NO5/c1-6-11-14-17-21-26-34-41(33-9-4)50-44(47)48-40-32-31-39-45(10-5)38-30-25-20-24-29-37-43(46)49-42(35-27-22-18-15-12-7-2)36-28-23-19-16-13-8-3/h41-42H,6-40H2,1-5H3. The van der Waals surface area contributed by atoms with Crippen molar-refractivity contribution in [3.05, 3.63) is 0 Å². The fourth-order valence-electron chi connectivity index (χ4n) is 6.87. The number of rotatable bonds is 39. The van der Waals surface area contributed by atoms with Crippen LogP contribution in [-0.2, 0) is 19.0 Å². The second kappa shape index (κ2) is 38.9.